The third-order valence-corrected chi connectivity index (χ3v) is 5.08. The minimum absolute atomic E-state index is 0.0679. The summed E-state index contributed by atoms with van der Waals surface area (Å²) in [6.45, 7) is 3.66. The van der Waals surface area contributed by atoms with Crippen molar-refractivity contribution in [1.82, 2.24) is 14.5 Å². The van der Waals surface area contributed by atoms with E-state index in [0.717, 1.165) is 31.3 Å². The first kappa shape index (κ1) is 20.8. The second-order valence-corrected chi connectivity index (χ2v) is 7.06. The maximum absolute atomic E-state index is 13.9. The van der Waals surface area contributed by atoms with Crippen molar-refractivity contribution in [3.63, 3.8) is 0 Å². The molecular formula is C20H19F2N5O4. The number of amides is 1. The Morgan fingerprint density at radius 3 is 2.65 bits per heavy atom. The Morgan fingerprint density at radius 1 is 1.16 bits per heavy atom. The van der Waals surface area contributed by atoms with Gasteiger partial charge in [0.1, 0.15) is 0 Å². The van der Waals surface area contributed by atoms with Crippen LogP contribution in [0.25, 0.3) is 11.0 Å². The molecule has 4 rings (SSSR count). The molecule has 0 aliphatic carbocycles. The van der Waals surface area contributed by atoms with E-state index in [2.05, 4.69) is 15.2 Å². The molecule has 0 saturated carbocycles. The number of imidazole rings is 1. The second-order valence-electron chi connectivity index (χ2n) is 7.06. The van der Waals surface area contributed by atoms with Crippen molar-refractivity contribution in [2.45, 2.75) is 6.54 Å². The van der Waals surface area contributed by atoms with Crippen LogP contribution >= 0.6 is 0 Å². The SMILES string of the molecule is O=C(Nc1nc2cc(F)c(F)cc2n1CCN1CCOCC1)c1cccc([N+](=O)[O-])c1. The molecule has 0 unspecified atom stereocenters. The van der Waals surface area contributed by atoms with E-state index in [1.807, 2.05) is 0 Å². The van der Waals surface area contributed by atoms with Crippen LogP contribution in [0.5, 0.6) is 0 Å². The molecule has 2 aromatic carbocycles. The van der Waals surface area contributed by atoms with Gasteiger partial charge < -0.3 is 9.30 Å². The number of nitro benzene ring substituents is 1. The Labute approximate surface area is 175 Å². The lowest BCUT2D eigenvalue weighted by Crippen LogP contribution is -2.38. The zero-order valence-corrected chi connectivity index (χ0v) is 16.4. The molecule has 2 heterocycles. The standard InChI is InChI=1S/C20H19F2N5O4/c21-15-11-17-18(12-16(15)22)26(5-4-25-6-8-31-9-7-25)20(23-17)24-19(28)13-2-1-3-14(10-13)27(29)30/h1-3,10-12H,4-9H2,(H,23,24,28). The first-order valence-electron chi connectivity index (χ1n) is 9.63. The number of hydrogen-bond donors (Lipinski definition) is 1. The highest BCUT2D eigenvalue weighted by atomic mass is 19.2. The van der Waals surface area contributed by atoms with Crippen LogP contribution < -0.4 is 5.32 Å². The summed E-state index contributed by atoms with van der Waals surface area (Å²) in [5, 5.41) is 13.6. The lowest BCUT2D eigenvalue weighted by Gasteiger charge is -2.26. The zero-order valence-electron chi connectivity index (χ0n) is 16.4. The number of aromatic nitrogens is 2. The third-order valence-electron chi connectivity index (χ3n) is 5.08. The van der Waals surface area contributed by atoms with Crippen molar-refractivity contribution in [2.24, 2.45) is 0 Å². The monoisotopic (exact) mass is 431 g/mol. The Kier molecular flexibility index (Phi) is 5.87. The van der Waals surface area contributed by atoms with Gasteiger partial charge >= 0.3 is 0 Å². The maximum Gasteiger partial charge on any atom is 0.270 e. The van der Waals surface area contributed by atoms with Crippen molar-refractivity contribution in [3.8, 4) is 0 Å². The van der Waals surface area contributed by atoms with E-state index < -0.39 is 22.5 Å². The normalized spacial score (nSPS) is 14.6. The van der Waals surface area contributed by atoms with E-state index in [4.69, 9.17) is 4.74 Å². The molecule has 1 fully saturated rings. The molecule has 31 heavy (non-hydrogen) atoms. The van der Waals surface area contributed by atoms with Crippen molar-refractivity contribution in [2.75, 3.05) is 38.2 Å². The Balaban J connectivity index is 1.64. The number of carbonyl (C=O) groups is 1. The predicted molar refractivity (Wildman–Crippen MR) is 108 cm³/mol. The lowest BCUT2D eigenvalue weighted by atomic mass is 10.2. The topological polar surface area (TPSA) is 103 Å². The predicted octanol–water partition coefficient (Wildman–Crippen LogP) is 2.81. The van der Waals surface area contributed by atoms with Gasteiger partial charge in [0.2, 0.25) is 5.95 Å². The average Bonchev–Trinajstić information content (AvgIpc) is 3.09. The maximum atomic E-state index is 13.9. The van der Waals surface area contributed by atoms with E-state index in [1.54, 1.807) is 4.57 Å². The van der Waals surface area contributed by atoms with Gasteiger partial charge in [-0.25, -0.2) is 13.8 Å². The molecule has 9 nitrogen and oxygen atoms in total. The summed E-state index contributed by atoms with van der Waals surface area (Å²) in [5.74, 6) is -2.57. The summed E-state index contributed by atoms with van der Waals surface area (Å²) >= 11 is 0. The molecule has 1 N–H and O–H groups in total. The molecule has 1 aromatic heterocycles. The summed E-state index contributed by atoms with van der Waals surface area (Å²) < 4.78 is 34.5. The van der Waals surface area contributed by atoms with Gasteiger partial charge in [-0.3, -0.25) is 25.1 Å². The Morgan fingerprint density at radius 2 is 1.90 bits per heavy atom. The number of non-ortho nitro benzene ring substituents is 1. The van der Waals surface area contributed by atoms with Crippen molar-refractivity contribution >= 4 is 28.6 Å². The fraction of sp³-hybridized carbons (Fsp3) is 0.300. The van der Waals surface area contributed by atoms with Gasteiger partial charge in [0.05, 0.1) is 29.2 Å². The summed E-state index contributed by atoms with van der Waals surface area (Å²) in [6.07, 6.45) is 0. The molecule has 1 amide bonds. The number of morpholine rings is 1. The van der Waals surface area contributed by atoms with Crippen molar-refractivity contribution in [1.29, 1.82) is 0 Å². The fourth-order valence-electron chi connectivity index (χ4n) is 3.44. The highest BCUT2D eigenvalue weighted by Gasteiger charge is 2.19. The number of halogens is 2. The molecule has 0 bridgehead atoms. The average molecular weight is 431 g/mol. The first-order chi connectivity index (χ1) is 14.9. The third kappa shape index (κ3) is 4.52. The van der Waals surface area contributed by atoms with Gasteiger partial charge in [-0.15, -0.1) is 0 Å². The minimum atomic E-state index is -1.04. The van der Waals surface area contributed by atoms with Gasteiger partial charge in [0.25, 0.3) is 11.6 Å². The van der Waals surface area contributed by atoms with E-state index in [0.29, 0.717) is 31.8 Å². The van der Waals surface area contributed by atoms with Crippen LogP contribution in [0.4, 0.5) is 20.4 Å². The van der Waals surface area contributed by atoms with Crippen LogP contribution in [-0.2, 0) is 11.3 Å². The van der Waals surface area contributed by atoms with Crippen molar-refractivity contribution in [3.05, 3.63) is 63.7 Å². The number of ether oxygens (including phenoxy) is 1. The first-order valence-corrected chi connectivity index (χ1v) is 9.63. The van der Waals surface area contributed by atoms with Crippen LogP contribution in [0.1, 0.15) is 10.4 Å². The van der Waals surface area contributed by atoms with Crippen LogP contribution in [0.3, 0.4) is 0 Å². The highest BCUT2D eigenvalue weighted by molar-refractivity contribution is 6.04. The van der Waals surface area contributed by atoms with Gasteiger partial charge in [-0.2, -0.15) is 0 Å². The number of nitrogens with one attached hydrogen (secondary N) is 1. The number of fused-ring (bicyclic) bond motifs is 1. The van der Waals surface area contributed by atoms with Gasteiger partial charge in [-0.05, 0) is 6.07 Å². The van der Waals surface area contributed by atoms with Crippen LogP contribution in [0, 0.1) is 21.7 Å². The van der Waals surface area contributed by atoms with Crippen LogP contribution in [0.15, 0.2) is 36.4 Å². The molecule has 11 heteroatoms. The second kappa shape index (κ2) is 8.74. The molecular weight excluding hydrogens is 412 g/mol. The molecule has 1 aliphatic rings. The number of nitrogens with zero attached hydrogens (tertiary/aromatic N) is 4. The number of benzene rings is 2. The van der Waals surface area contributed by atoms with E-state index >= 15 is 0 Å². The molecule has 1 saturated heterocycles. The fourth-order valence-corrected chi connectivity index (χ4v) is 3.44. The molecule has 1 aliphatic heterocycles. The summed E-state index contributed by atoms with van der Waals surface area (Å²) in [6, 6.07) is 7.27. The van der Waals surface area contributed by atoms with Gasteiger partial charge in [0.15, 0.2) is 11.6 Å². The van der Waals surface area contributed by atoms with Crippen LogP contribution in [-0.4, -0.2) is 58.1 Å². The quantitative estimate of drug-likeness (QED) is 0.476. The number of rotatable bonds is 6. The number of carbonyl (C=O) groups excluding carboxylic acids is 1. The summed E-state index contributed by atoms with van der Waals surface area (Å²) in [7, 11) is 0. The zero-order chi connectivity index (χ0) is 22.0. The summed E-state index contributed by atoms with van der Waals surface area (Å²) in [5.41, 5.74) is 0.368. The van der Waals surface area contributed by atoms with Gasteiger partial charge in [-0.1, -0.05) is 6.07 Å². The highest BCUT2D eigenvalue weighted by Crippen LogP contribution is 2.24. The molecule has 3 aromatic rings. The van der Waals surface area contributed by atoms with Crippen molar-refractivity contribution < 1.29 is 23.2 Å². The molecule has 0 radical (unpaired) electrons. The lowest BCUT2D eigenvalue weighted by molar-refractivity contribution is -0.384. The molecule has 0 atom stereocenters. The Bertz CT molecular complexity index is 1140. The molecule has 162 valence electrons. The largest absolute Gasteiger partial charge is 0.379 e. The van der Waals surface area contributed by atoms with E-state index in [9.17, 15) is 23.7 Å². The van der Waals surface area contributed by atoms with E-state index in [1.165, 1.54) is 18.2 Å². The smallest absolute Gasteiger partial charge is 0.270 e. The van der Waals surface area contributed by atoms with Crippen LogP contribution in [0.2, 0.25) is 0 Å². The number of hydrogen-bond acceptors (Lipinski definition) is 6. The number of anilines is 1. The van der Waals surface area contributed by atoms with E-state index in [-0.39, 0.29) is 22.7 Å². The summed E-state index contributed by atoms with van der Waals surface area (Å²) in [4.78, 5) is 29.5. The van der Waals surface area contributed by atoms with Gasteiger partial charge in [0, 0.05) is 56.0 Å². The Hall–Kier alpha value is -3.44. The molecule has 0 spiro atoms. The number of nitro groups is 1. The minimum Gasteiger partial charge on any atom is -0.379 e.